The summed E-state index contributed by atoms with van der Waals surface area (Å²) >= 11 is 2.10. The Hall–Kier alpha value is -0.390. The van der Waals surface area contributed by atoms with Crippen molar-refractivity contribution in [2.45, 2.75) is 20.0 Å². The van der Waals surface area contributed by atoms with Gasteiger partial charge in [-0.1, -0.05) is 0 Å². The molecule has 0 fully saturated rings. The van der Waals surface area contributed by atoms with Gasteiger partial charge in [0.05, 0.1) is 6.10 Å². The van der Waals surface area contributed by atoms with Gasteiger partial charge in [-0.2, -0.15) is 0 Å². The molecule has 0 bridgehead atoms. The van der Waals surface area contributed by atoms with E-state index in [1.807, 2.05) is 26.0 Å². The van der Waals surface area contributed by atoms with Crippen LogP contribution in [0.2, 0.25) is 0 Å². The van der Waals surface area contributed by atoms with E-state index in [1.54, 1.807) is 0 Å². The Balaban J connectivity index is 2.66. The predicted octanol–water partition coefficient (Wildman–Crippen LogP) is 1.87. The van der Waals surface area contributed by atoms with Gasteiger partial charge in [0.25, 0.3) is 0 Å². The Bertz CT molecular complexity index is 222. The zero-order valence-corrected chi connectivity index (χ0v) is 8.57. The Morgan fingerprint density at radius 1 is 1.36 bits per heavy atom. The Morgan fingerprint density at radius 3 is 2.55 bits per heavy atom. The van der Waals surface area contributed by atoms with Gasteiger partial charge in [0.2, 0.25) is 5.88 Å². The lowest BCUT2D eigenvalue weighted by Crippen LogP contribution is -2.07. The van der Waals surface area contributed by atoms with Crippen LogP contribution in [0, 0.1) is 3.70 Å². The highest BCUT2D eigenvalue weighted by atomic mass is 127. The van der Waals surface area contributed by atoms with Crippen molar-refractivity contribution < 1.29 is 4.74 Å². The highest BCUT2D eigenvalue weighted by Crippen LogP contribution is 2.07. The van der Waals surface area contributed by atoms with E-state index in [2.05, 4.69) is 32.8 Å². The molecule has 3 nitrogen and oxygen atoms in total. The summed E-state index contributed by atoms with van der Waals surface area (Å²) < 4.78 is 6.17. The van der Waals surface area contributed by atoms with Gasteiger partial charge in [-0.3, -0.25) is 0 Å². The Morgan fingerprint density at radius 2 is 2.09 bits per heavy atom. The van der Waals surface area contributed by atoms with Crippen molar-refractivity contribution in [3.63, 3.8) is 0 Å². The maximum absolute atomic E-state index is 5.29. The lowest BCUT2D eigenvalue weighted by molar-refractivity contribution is 0.230. The molecule has 0 aliphatic rings. The Labute approximate surface area is 79.3 Å². The molecule has 60 valence electrons. The summed E-state index contributed by atoms with van der Waals surface area (Å²) in [4.78, 5) is 0. The first-order valence-corrected chi connectivity index (χ1v) is 4.42. The van der Waals surface area contributed by atoms with Gasteiger partial charge in [0, 0.05) is 6.07 Å². The van der Waals surface area contributed by atoms with E-state index in [0.29, 0.717) is 5.88 Å². The molecule has 0 aromatic carbocycles. The molecule has 1 aromatic rings. The monoisotopic (exact) mass is 264 g/mol. The van der Waals surface area contributed by atoms with Gasteiger partial charge in [-0.15, -0.1) is 10.2 Å². The topological polar surface area (TPSA) is 35.0 Å². The molecule has 0 aliphatic heterocycles. The predicted molar refractivity (Wildman–Crippen MR) is 50.5 cm³/mol. The van der Waals surface area contributed by atoms with Gasteiger partial charge in [-0.25, -0.2) is 0 Å². The zero-order valence-electron chi connectivity index (χ0n) is 6.41. The summed E-state index contributed by atoms with van der Waals surface area (Å²) in [6.45, 7) is 3.92. The van der Waals surface area contributed by atoms with Crippen molar-refractivity contribution in [3.05, 3.63) is 15.8 Å². The lowest BCUT2D eigenvalue weighted by Gasteiger charge is -2.06. The van der Waals surface area contributed by atoms with Crippen molar-refractivity contribution in [1.82, 2.24) is 10.2 Å². The van der Waals surface area contributed by atoms with E-state index < -0.39 is 0 Å². The smallest absolute Gasteiger partial charge is 0.233 e. The number of rotatable bonds is 2. The van der Waals surface area contributed by atoms with Crippen LogP contribution in [-0.4, -0.2) is 16.3 Å². The molecule has 0 unspecified atom stereocenters. The van der Waals surface area contributed by atoms with Crippen LogP contribution < -0.4 is 4.74 Å². The van der Waals surface area contributed by atoms with Crippen molar-refractivity contribution in [2.75, 3.05) is 0 Å². The number of ether oxygens (including phenoxy) is 1. The number of hydrogen-bond donors (Lipinski definition) is 0. The summed E-state index contributed by atoms with van der Waals surface area (Å²) in [6, 6.07) is 3.68. The van der Waals surface area contributed by atoms with E-state index in [9.17, 15) is 0 Å². The van der Waals surface area contributed by atoms with E-state index in [4.69, 9.17) is 4.74 Å². The van der Waals surface area contributed by atoms with E-state index >= 15 is 0 Å². The summed E-state index contributed by atoms with van der Waals surface area (Å²) in [7, 11) is 0. The maximum Gasteiger partial charge on any atom is 0.233 e. The quantitative estimate of drug-likeness (QED) is 0.765. The van der Waals surface area contributed by atoms with Crippen molar-refractivity contribution in [1.29, 1.82) is 0 Å². The molecule has 0 amide bonds. The van der Waals surface area contributed by atoms with Gasteiger partial charge in [0.15, 0.2) is 0 Å². The molecule has 11 heavy (non-hydrogen) atoms. The fraction of sp³-hybridized carbons (Fsp3) is 0.429. The molecule has 0 saturated carbocycles. The molecule has 0 spiro atoms. The van der Waals surface area contributed by atoms with E-state index in [1.165, 1.54) is 0 Å². The fourth-order valence-corrected chi connectivity index (χ4v) is 0.896. The minimum Gasteiger partial charge on any atom is -0.474 e. The van der Waals surface area contributed by atoms with Crippen LogP contribution in [0.1, 0.15) is 13.8 Å². The third kappa shape index (κ3) is 3.00. The zero-order chi connectivity index (χ0) is 8.27. The van der Waals surface area contributed by atoms with Crippen LogP contribution in [0.4, 0.5) is 0 Å². The van der Waals surface area contributed by atoms with Crippen molar-refractivity contribution in [2.24, 2.45) is 0 Å². The van der Waals surface area contributed by atoms with Crippen LogP contribution in [0.25, 0.3) is 0 Å². The normalized spacial score (nSPS) is 10.2. The van der Waals surface area contributed by atoms with Gasteiger partial charge in [0.1, 0.15) is 3.70 Å². The largest absolute Gasteiger partial charge is 0.474 e. The first-order chi connectivity index (χ1) is 5.18. The first-order valence-electron chi connectivity index (χ1n) is 3.34. The number of nitrogens with zero attached hydrogens (tertiary/aromatic N) is 2. The standard InChI is InChI=1S/C7H9IN2O/c1-5(2)11-7-4-3-6(8)9-10-7/h3-5H,1-2H3. The minimum atomic E-state index is 0.157. The molecule has 1 aromatic heterocycles. The third-order valence-electron chi connectivity index (χ3n) is 0.964. The molecular formula is C7H9IN2O. The van der Waals surface area contributed by atoms with Crippen molar-refractivity contribution in [3.8, 4) is 5.88 Å². The number of halogens is 1. The minimum absolute atomic E-state index is 0.157. The average molecular weight is 264 g/mol. The van der Waals surface area contributed by atoms with Crippen LogP contribution in [0.3, 0.4) is 0 Å². The molecule has 0 N–H and O–H groups in total. The van der Waals surface area contributed by atoms with E-state index in [-0.39, 0.29) is 6.10 Å². The molecule has 0 aliphatic carbocycles. The SMILES string of the molecule is CC(C)Oc1ccc(I)nn1. The van der Waals surface area contributed by atoms with Crippen LogP contribution in [0.15, 0.2) is 12.1 Å². The summed E-state index contributed by atoms with van der Waals surface area (Å²) in [5.74, 6) is 0.584. The molecule has 1 heterocycles. The lowest BCUT2D eigenvalue weighted by atomic mass is 10.5. The number of aromatic nitrogens is 2. The van der Waals surface area contributed by atoms with E-state index in [0.717, 1.165) is 3.70 Å². The summed E-state index contributed by atoms with van der Waals surface area (Å²) in [5, 5.41) is 7.68. The van der Waals surface area contributed by atoms with Gasteiger partial charge < -0.3 is 4.74 Å². The highest BCUT2D eigenvalue weighted by molar-refractivity contribution is 14.1. The van der Waals surface area contributed by atoms with Crippen molar-refractivity contribution >= 4 is 22.6 Å². The molecular weight excluding hydrogens is 255 g/mol. The van der Waals surface area contributed by atoms with Crippen LogP contribution >= 0.6 is 22.6 Å². The third-order valence-corrected chi connectivity index (χ3v) is 1.54. The van der Waals surface area contributed by atoms with Gasteiger partial charge >= 0.3 is 0 Å². The molecule has 1 rings (SSSR count). The first kappa shape index (κ1) is 8.70. The summed E-state index contributed by atoms with van der Waals surface area (Å²) in [5.41, 5.74) is 0. The second-order valence-corrected chi connectivity index (χ2v) is 3.47. The Kier molecular flexibility index (Phi) is 3.04. The molecule has 0 radical (unpaired) electrons. The fourth-order valence-electron chi connectivity index (χ4n) is 0.608. The average Bonchev–Trinajstić information content (AvgIpc) is 1.93. The van der Waals surface area contributed by atoms with Crippen LogP contribution in [0.5, 0.6) is 5.88 Å². The molecule has 4 heteroatoms. The maximum atomic E-state index is 5.29. The molecule has 0 saturated heterocycles. The summed E-state index contributed by atoms with van der Waals surface area (Å²) in [6.07, 6.45) is 0.157. The molecule has 0 atom stereocenters. The van der Waals surface area contributed by atoms with Crippen LogP contribution in [-0.2, 0) is 0 Å². The second-order valence-electron chi connectivity index (χ2n) is 2.36. The number of hydrogen-bond acceptors (Lipinski definition) is 3. The second kappa shape index (κ2) is 3.85. The highest BCUT2D eigenvalue weighted by Gasteiger charge is 1.97. The van der Waals surface area contributed by atoms with Gasteiger partial charge in [-0.05, 0) is 42.5 Å².